The van der Waals surface area contributed by atoms with Gasteiger partial charge in [-0.05, 0) is 17.7 Å². The standard InChI is InChI=1S/C11H12O5/c1-14-9-5-3-8(4-6-9)7-16-11(13)10(12)15-2/h3-6H,7H2,1-2H3. The summed E-state index contributed by atoms with van der Waals surface area (Å²) in [5.41, 5.74) is 0.762. The SMILES string of the molecule is COC(=O)C(=O)OCc1ccc(OC)cc1. The van der Waals surface area contributed by atoms with Crippen LogP contribution >= 0.6 is 0 Å². The van der Waals surface area contributed by atoms with Crippen molar-refractivity contribution in [3.8, 4) is 5.75 Å². The zero-order valence-electron chi connectivity index (χ0n) is 9.06. The molecule has 0 N–H and O–H groups in total. The van der Waals surface area contributed by atoms with Crippen molar-refractivity contribution in [2.75, 3.05) is 14.2 Å². The van der Waals surface area contributed by atoms with Gasteiger partial charge in [-0.2, -0.15) is 0 Å². The third kappa shape index (κ3) is 3.27. The van der Waals surface area contributed by atoms with Crippen molar-refractivity contribution in [3.63, 3.8) is 0 Å². The summed E-state index contributed by atoms with van der Waals surface area (Å²) >= 11 is 0. The first-order chi connectivity index (χ1) is 7.67. The molecular formula is C11H12O5. The van der Waals surface area contributed by atoms with Crippen LogP contribution in [-0.4, -0.2) is 26.2 Å². The highest BCUT2D eigenvalue weighted by molar-refractivity contribution is 6.29. The van der Waals surface area contributed by atoms with Crippen molar-refractivity contribution in [2.24, 2.45) is 0 Å². The maximum absolute atomic E-state index is 10.9. The molecule has 0 saturated carbocycles. The van der Waals surface area contributed by atoms with E-state index in [1.54, 1.807) is 31.4 Å². The zero-order valence-corrected chi connectivity index (χ0v) is 9.06. The highest BCUT2D eigenvalue weighted by Gasteiger charge is 2.15. The van der Waals surface area contributed by atoms with Crippen LogP contribution in [0.4, 0.5) is 0 Å². The van der Waals surface area contributed by atoms with Crippen molar-refractivity contribution in [1.82, 2.24) is 0 Å². The van der Waals surface area contributed by atoms with Crippen LogP contribution in [0.5, 0.6) is 5.75 Å². The Balaban J connectivity index is 2.48. The molecule has 0 saturated heterocycles. The minimum absolute atomic E-state index is 0.0257. The first-order valence-electron chi connectivity index (χ1n) is 4.55. The third-order valence-corrected chi connectivity index (χ3v) is 1.88. The Hall–Kier alpha value is -2.04. The van der Waals surface area contributed by atoms with Crippen LogP contribution in [0.25, 0.3) is 0 Å². The van der Waals surface area contributed by atoms with Crippen LogP contribution in [0.1, 0.15) is 5.56 Å². The molecule has 0 unspecified atom stereocenters. The summed E-state index contributed by atoms with van der Waals surface area (Å²) in [6.45, 7) is 0.0257. The predicted molar refractivity (Wildman–Crippen MR) is 54.8 cm³/mol. The van der Waals surface area contributed by atoms with Crippen molar-refractivity contribution in [1.29, 1.82) is 0 Å². The summed E-state index contributed by atoms with van der Waals surface area (Å²) in [4.78, 5) is 21.7. The van der Waals surface area contributed by atoms with Gasteiger partial charge in [0.1, 0.15) is 12.4 Å². The molecule has 0 aromatic heterocycles. The lowest BCUT2D eigenvalue weighted by Crippen LogP contribution is -2.18. The van der Waals surface area contributed by atoms with E-state index >= 15 is 0 Å². The van der Waals surface area contributed by atoms with Gasteiger partial charge in [-0.15, -0.1) is 0 Å². The maximum Gasteiger partial charge on any atom is 0.417 e. The van der Waals surface area contributed by atoms with Gasteiger partial charge in [0.2, 0.25) is 0 Å². The lowest BCUT2D eigenvalue weighted by atomic mass is 10.2. The minimum atomic E-state index is -1.01. The summed E-state index contributed by atoms with van der Waals surface area (Å²) in [5, 5.41) is 0. The van der Waals surface area contributed by atoms with Crippen LogP contribution in [0.2, 0.25) is 0 Å². The summed E-state index contributed by atoms with van der Waals surface area (Å²) in [6.07, 6.45) is 0. The number of esters is 2. The molecule has 1 aromatic rings. The Morgan fingerprint density at radius 3 is 2.19 bits per heavy atom. The fraction of sp³-hybridized carbons (Fsp3) is 0.273. The molecule has 0 heterocycles. The average Bonchev–Trinajstić information content (AvgIpc) is 2.35. The molecule has 0 aliphatic heterocycles. The molecule has 0 spiro atoms. The molecule has 0 aliphatic carbocycles. The van der Waals surface area contributed by atoms with Gasteiger partial charge in [-0.25, -0.2) is 9.59 Å². The van der Waals surface area contributed by atoms with Crippen molar-refractivity contribution >= 4 is 11.9 Å². The Morgan fingerprint density at radius 2 is 1.69 bits per heavy atom. The van der Waals surface area contributed by atoms with E-state index in [0.29, 0.717) is 5.75 Å². The molecule has 0 aliphatic rings. The Morgan fingerprint density at radius 1 is 1.06 bits per heavy atom. The van der Waals surface area contributed by atoms with Gasteiger partial charge < -0.3 is 14.2 Å². The molecule has 1 aromatic carbocycles. The summed E-state index contributed by atoms with van der Waals surface area (Å²) in [5.74, 6) is -1.30. The van der Waals surface area contributed by atoms with Gasteiger partial charge in [0.25, 0.3) is 0 Å². The molecule has 16 heavy (non-hydrogen) atoms. The fourth-order valence-corrected chi connectivity index (χ4v) is 1.01. The third-order valence-electron chi connectivity index (χ3n) is 1.88. The van der Waals surface area contributed by atoms with Crippen molar-refractivity contribution in [3.05, 3.63) is 29.8 Å². The lowest BCUT2D eigenvalue weighted by Gasteiger charge is -2.04. The highest BCUT2D eigenvalue weighted by Crippen LogP contribution is 2.11. The Labute approximate surface area is 92.9 Å². The first kappa shape index (κ1) is 12.0. The average molecular weight is 224 g/mol. The number of hydrogen-bond donors (Lipinski definition) is 0. The first-order valence-corrected chi connectivity index (χ1v) is 4.55. The zero-order chi connectivity index (χ0) is 12.0. The smallest absolute Gasteiger partial charge is 0.417 e. The van der Waals surface area contributed by atoms with Crippen LogP contribution in [-0.2, 0) is 25.7 Å². The molecular weight excluding hydrogens is 212 g/mol. The second-order valence-electron chi connectivity index (χ2n) is 2.92. The minimum Gasteiger partial charge on any atom is -0.497 e. The molecule has 86 valence electrons. The quantitative estimate of drug-likeness (QED) is 0.564. The molecule has 0 fully saturated rings. The molecule has 5 nitrogen and oxygen atoms in total. The topological polar surface area (TPSA) is 61.8 Å². The van der Waals surface area contributed by atoms with Gasteiger partial charge in [-0.3, -0.25) is 0 Å². The Bertz CT molecular complexity index is 368. The summed E-state index contributed by atoms with van der Waals surface area (Å²) < 4.78 is 13.9. The number of hydrogen-bond acceptors (Lipinski definition) is 5. The second kappa shape index (κ2) is 5.75. The molecule has 5 heteroatoms. The molecule has 0 atom stereocenters. The van der Waals surface area contributed by atoms with Crippen molar-refractivity contribution in [2.45, 2.75) is 6.61 Å². The van der Waals surface area contributed by atoms with E-state index in [4.69, 9.17) is 9.47 Å². The molecule has 0 bridgehead atoms. The normalized spacial score (nSPS) is 9.38. The van der Waals surface area contributed by atoms with Gasteiger partial charge in [0.05, 0.1) is 14.2 Å². The predicted octanol–water partition coefficient (Wildman–Crippen LogP) is 0.911. The van der Waals surface area contributed by atoms with Gasteiger partial charge in [-0.1, -0.05) is 12.1 Å². The van der Waals surface area contributed by atoms with Gasteiger partial charge in [0.15, 0.2) is 0 Å². The molecule has 0 radical (unpaired) electrons. The van der Waals surface area contributed by atoms with E-state index < -0.39 is 11.9 Å². The molecule has 0 amide bonds. The number of ether oxygens (including phenoxy) is 3. The fourth-order valence-electron chi connectivity index (χ4n) is 1.01. The lowest BCUT2D eigenvalue weighted by molar-refractivity contribution is -0.166. The van der Waals surface area contributed by atoms with Crippen LogP contribution in [0.3, 0.4) is 0 Å². The number of carbonyl (C=O) groups is 2. The number of benzene rings is 1. The maximum atomic E-state index is 10.9. The number of rotatable bonds is 3. The summed E-state index contributed by atoms with van der Waals surface area (Å²) in [6, 6.07) is 6.95. The molecule has 1 rings (SSSR count). The van der Waals surface area contributed by atoms with Crippen LogP contribution in [0.15, 0.2) is 24.3 Å². The van der Waals surface area contributed by atoms with E-state index in [1.807, 2.05) is 0 Å². The van der Waals surface area contributed by atoms with E-state index in [9.17, 15) is 9.59 Å². The van der Waals surface area contributed by atoms with E-state index in [0.717, 1.165) is 12.7 Å². The Kier molecular flexibility index (Phi) is 4.32. The second-order valence-corrected chi connectivity index (χ2v) is 2.92. The van der Waals surface area contributed by atoms with E-state index in [-0.39, 0.29) is 6.61 Å². The van der Waals surface area contributed by atoms with Crippen LogP contribution < -0.4 is 4.74 Å². The summed E-state index contributed by atoms with van der Waals surface area (Å²) in [7, 11) is 2.68. The largest absolute Gasteiger partial charge is 0.497 e. The monoisotopic (exact) mass is 224 g/mol. The van der Waals surface area contributed by atoms with Crippen LogP contribution in [0, 0.1) is 0 Å². The number of carbonyl (C=O) groups excluding carboxylic acids is 2. The van der Waals surface area contributed by atoms with Crippen molar-refractivity contribution < 1.29 is 23.8 Å². The number of methoxy groups -OCH3 is 2. The highest BCUT2D eigenvalue weighted by atomic mass is 16.6. The van der Waals surface area contributed by atoms with Gasteiger partial charge >= 0.3 is 11.9 Å². The van der Waals surface area contributed by atoms with Gasteiger partial charge in [0, 0.05) is 0 Å². The van der Waals surface area contributed by atoms with E-state index in [2.05, 4.69) is 4.74 Å². The van der Waals surface area contributed by atoms with E-state index in [1.165, 1.54) is 0 Å².